The van der Waals surface area contributed by atoms with Crippen LogP contribution < -0.4 is 0 Å². The van der Waals surface area contributed by atoms with Crippen LogP contribution in [0.2, 0.25) is 0 Å². The molecule has 1 unspecified atom stereocenters. The van der Waals surface area contributed by atoms with Crippen molar-refractivity contribution in [3.05, 3.63) is 12.2 Å². The summed E-state index contributed by atoms with van der Waals surface area (Å²) in [4.78, 5) is 6.45. The fourth-order valence-corrected chi connectivity index (χ4v) is 2.75. The van der Waals surface area contributed by atoms with E-state index in [-0.39, 0.29) is 4.92 Å². The van der Waals surface area contributed by atoms with Crippen molar-refractivity contribution in [3.63, 3.8) is 0 Å². The number of halogens is 6. The van der Waals surface area contributed by atoms with Gasteiger partial charge < -0.3 is 9.80 Å². The second kappa shape index (κ2) is 28.2. The first-order chi connectivity index (χ1) is 12.3. The zero-order valence-electron chi connectivity index (χ0n) is 16.2. The topological polar surface area (TPSA) is 6.48 Å². The van der Waals surface area contributed by atoms with Crippen molar-refractivity contribution in [1.82, 2.24) is 9.80 Å². The van der Waals surface area contributed by atoms with E-state index in [0.29, 0.717) is 9.47 Å². The Morgan fingerprint density at radius 3 is 1.81 bits per heavy atom. The van der Waals surface area contributed by atoms with Crippen molar-refractivity contribution in [2.45, 2.75) is 39.0 Å². The number of rotatable bonds is 1. The van der Waals surface area contributed by atoms with Gasteiger partial charge in [0.25, 0.3) is 0 Å². The molecule has 1 atom stereocenters. The van der Waals surface area contributed by atoms with Crippen molar-refractivity contribution in [1.29, 1.82) is 0 Å². The van der Waals surface area contributed by atoms with Gasteiger partial charge >= 0.3 is 114 Å². The molecule has 26 heavy (non-hydrogen) atoms. The average molecular weight is 1120 g/mol. The van der Waals surface area contributed by atoms with Gasteiger partial charge in [-0.1, -0.05) is 48.1 Å². The van der Waals surface area contributed by atoms with Crippen molar-refractivity contribution >= 4 is 122 Å². The van der Waals surface area contributed by atoms with E-state index in [9.17, 15) is 0 Å². The van der Waals surface area contributed by atoms with E-state index in [2.05, 4.69) is 160 Å². The van der Waals surface area contributed by atoms with Crippen LogP contribution in [-0.4, -0.2) is 55.0 Å². The summed E-state index contributed by atoms with van der Waals surface area (Å²) in [6.07, 6.45) is 6.78. The van der Waals surface area contributed by atoms with Crippen molar-refractivity contribution < 1.29 is 14.4 Å². The molecule has 0 radical (unpaired) electrons. The second-order valence-electron chi connectivity index (χ2n) is 6.03. The molecule has 0 spiro atoms. The van der Waals surface area contributed by atoms with Crippen molar-refractivity contribution in [2.75, 3.05) is 45.2 Å². The Kier molecular flexibility index (Phi) is 38.9. The van der Waals surface area contributed by atoms with E-state index < -0.39 is 0 Å². The van der Waals surface area contributed by atoms with Gasteiger partial charge in [0.05, 0.1) is 0 Å². The number of hydrogen-bond acceptors (Lipinski definition) is 2. The third-order valence-electron chi connectivity index (χ3n) is 3.86. The monoisotopic (exact) mass is 1120 g/mol. The Labute approximate surface area is 243 Å². The van der Waals surface area contributed by atoms with Gasteiger partial charge in [0.1, 0.15) is 0 Å². The third kappa shape index (κ3) is 31.4. The fraction of sp³-hybridized carbons (Fsp3) is 0.875. The molecule has 0 amide bonds. The summed E-state index contributed by atoms with van der Waals surface area (Å²) in [5.41, 5.74) is 1.39. The molecule has 0 N–H and O–H groups in total. The molecule has 2 aliphatic heterocycles. The Morgan fingerprint density at radius 2 is 1.54 bits per heavy atom. The van der Waals surface area contributed by atoms with Crippen LogP contribution in [0.5, 0.6) is 0 Å². The SMILES string of the molecule is C=C1CCCN(C)C1.CCC1CCCN(C)C1.CI.[I][V]([I])[I].[I][V][I]. The van der Waals surface area contributed by atoms with Crippen LogP contribution in [0.15, 0.2) is 12.2 Å². The first-order valence-corrected chi connectivity index (χ1v) is 33.1. The molecule has 159 valence electrons. The molecular formula is C16H33I6N2V2. The molecule has 2 rings (SSSR count). The van der Waals surface area contributed by atoms with Gasteiger partial charge in [0, 0.05) is 13.1 Å². The Bertz CT molecular complexity index is 299. The summed E-state index contributed by atoms with van der Waals surface area (Å²) in [6.45, 7) is 11.2. The van der Waals surface area contributed by atoms with Crippen LogP contribution in [0, 0.1) is 5.92 Å². The molecule has 0 bridgehead atoms. The summed E-state index contributed by atoms with van der Waals surface area (Å²) < 4.78 is 0. The molecule has 2 saturated heterocycles. The van der Waals surface area contributed by atoms with Gasteiger partial charge in [-0.2, -0.15) is 0 Å². The van der Waals surface area contributed by atoms with Crippen LogP contribution in [0.4, 0.5) is 0 Å². The van der Waals surface area contributed by atoms with Gasteiger partial charge in [-0.25, -0.2) is 0 Å². The van der Waals surface area contributed by atoms with Gasteiger partial charge in [-0.05, 0) is 63.7 Å². The van der Waals surface area contributed by atoms with Crippen LogP contribution in [0.1, 0.15) is 39.0 Å². The number of likely N-dealkylation sites (tertiary alicyclic amines) is 2. The van der Waals surface area contributed by atoms with E-state index in [1.54, 1.807) is 0 Å². The maximum absolute atomic E-state index is 3.92. The van der Waals surface area contributed by atoms with Gasteiger partial charge in [-0.15, -0.1) is 0 Å². The third-order valence-corrected chi connectivity index (χ3v) is 3.86. The molecule has 2 nitrogen and oxygen atoms in total. The maximum atomic E-state index is 3.92. The Morgan fingerprint density at radius 1 is 1.08 bits per heavy atom. The average Bonchev–Trinajstić information content (AvgIpc) is 2.57. The normalized spacial score (nSPS) is 20.1. The van der Waals surface area contributed by atoms with E-state index in [0.717, 1.165) is 12.5 Å². The van der Waals surface area contributed by atoms with Gasteiger partial charge in [0.15, 0.2) is 0 Å². The fourth-order valence-electron chi connectivity index (χ4n) is 2.75. The predicted octanol–water partition coefficient (Wildman–Crippen LogP) is 8.48. The molecular weight excluding hydrogens is 1080 g/mol. The number of nitrogens with zero attached hydrogens (tertiary/aromatic N) is 2. The van der Waals surface area contributed by atoms with Crippen molar-refractivity contribution in [3.8, 4) is 0 Å². The first kappa shape index (κ1) is 35.8. The molecule has 2 aliphatic rings. The van der Waals surface area contributed by atoms with Gasteiger partial charge in [-0.3, -0.25) is 0 Å². The zero-order valence-corrected chi connectivity index (χ0v) is 31.9. The predicted molar refractivity (Wildman–Crippen MR) is 166 cm³/mol. The standard InChI is InChI=1S/C8H17N.C7H13N.CH3I.5HI.2V/c1-3-8-5-4-6-9(2)7-8;1-7-4-3-5-8(2)6-7;1-2;;;;;;;/h8H,3-7H2,1-2H3;1,3-6H2,2H3;1H3;5*1H;;/q;;;;;;;;+2;+3/p-5. The molecule has 0 aromatic carbocycles. The summed E-state index contributed by atoms with van der Waals surface area (Å²) in [7, 11) is 4.99. The van der Waals surface area contributed by atoms with E-state index >= 15 is 0 Å². The summed E-state index contributed by atoms with van der Waals surface area (Å²) >= 11 is 14.3. The number of likely N-dealkylation sites (N-methyl/N-ethyl adjacent to an activating group) is 1. The van der Waals surface area contributed by atoms with Crippen LogP contribution in [-0.2, 0) is 14.4 Å². The first-order valence-electron chi connectivity index (χ1n) is 8.37. The Balaban J connectivity index is -0.000000285. The molecule has 0 aromatic rings. The van der Waals surface area contributed by atoms with Crippen LogP contribution in [0.25, 0.3) is 0 Å². The molecule has 2 fully saturated rings. The van der Waals surface area contributed by atoms with Crippen LogP contribution >= 0.6 is 122 Å². The van der Waals surface area contributed by atoms with Crippen molar-refractivity contribution in [2.24, 2.45) is 5.92 Å². The second-order valence-corrected chi connectivity index (χ2v) is 53.2. The molecule has 2 heterocycles. The number of alkyl halides is 1. The number of piperidine rings is 2. The molecule has 0 aliphatic carbocycles. The molecule has 0 aromatic heterocycles. The van der Waals surface area contributed by atoms with Gasteiger partial charge in [0.2, 0.25) is 0 Å². The summed E-state index contributed by atoms with van der Waals surface area (Å²) in [5.74, 6) is 0.990. The number of hydrogen-bond donors (Lipinski definition) is 0. The van der Waals surface area contributed by atoms with Crippen LogP contribution in [0.3, 0.4) is 0 Å². The van der Waals surface area contributed by atoms with E-state index in [1.807, 2.05) is 4.93 Å². The Hall–Kier alpha value is 5.21. The minimum absolute atomic E-state index is 0.278. The zero-order chi connectivity index (χ0) is 21.0. The summed E-state index contributed by atoms with van der Waals surface area (Å²) in [6, 6.07) is 0. The molecule has 10 heteroatoms. The van der Waals surface area contributed by atoms with E-state index in [4.69, 9.17) is 0 Å². The molecule has 0 saturated carbocycles. The summed E-state index contributed by atoms with van der Waals surface area (Å²) in [5, 5.41) is 0. The minimum atomic E-state index is -0.278. The quantitative estimate of drug-likeness (QED) is 0.148. The van der Waals surface area contributed by atoms with E-state index in [1.165, 1.54) is 57.3 Å².